The molecule has 1 N–H and O–H groups in total. The molecule has 2 fully saturated rings. The van der Waals surface area contributed by atoms with Gasteiger partial charge in [-0.15, -0.1) is 12.4 Å². The van der Waals surface area contributed by atoms with Crippen LogP contribution in [0.1, 0.15) is 25.7 Å². The van der Waals surface area contributed by atoms with Crippen LogP contribution in [-0.2, 0) is 4.79 Å². The number of nitrogens with zero attached hydrogens (tertiary/aromatic N) is 3. The molecule has 0 spiro atoms. The SMILES string of the molecule is CNCCC1CCN(C2CCN(c3cccc([N+](=O)[O-])c3)C2=O)CC1.Cl. The minimum Gasteiger partial charge on any atom is -0.320 e. The van der Waals surface area contributed by atoms with Crippen molar-refractivity contribution in [3.8, 4) is 0 Å². The second kappa shape index (κ2) is 9.30. The summed E-state index contributed by atoms with van der Waals surface area (Å²) >= 11 is 0. The fraction of sp³-hybridized carbons (Fsp3) is 0.611. The van der Waals surface area contributed by atoms with E-state index in [0.29, 0.717) is 12.2 Å². The van der Waals surface area contributed by atoms with Crippen molar-refractivity contribution in [2.75, 3.05) is 38.1 Å². The Morgan fingerprint density at radius 1 is 1.23 bits per heavy atom. The first-order chi connectivity index (χ1) is 12.1. The average Bonchev–Trinajstić information content (AvgIpc) is 3.02. The van der Waals surface area contributed by atoms with E-state index in [-0.39, 0.29) is 30.0 Å². The normalized spacial score (nSPS) is 21.7. The van der Waals surface area contributed by atoms with Crippen LogP contribution in [0, 0.1) is 16.0 Å². The van der Waals surface area contributed by atoms with Crippen molar-refractivity contribution in [2.24, 2.45) is 5.92 Å². The average molecular weight is 383 g/mol. The predicted molar refractivity (Wildman–Crippen MR) is 104 cm³/mol. The number of non-ortho nitro benzene ring substituents is 1. The lowest BCUT2D eigenvalue weighted by molar-refractivity contribution is -0.384. The van der Waals surface area contributed by atoms with Gasteiger partial charge in [-0.25, -0.2) is 0 Å². The van der Waals surface area contributed by atoms with E-state index in [9.17, 15) is 14.9 Å². The van der Waals surface area contributed by atoms with Gasteiger partial charge in [0.1, 0.15) is 0 Å². The number of hydrogen-bond donors (Lipinski definition) is 1. The van der Waals surface area contributed by atoms with Gasteiger partial charge in [-0.3, -0.25) is 19.8 Å². The number of halogens is 1. The van der Waals surface area contributed by atoms with Crippen LogP contribution < -0.4 is 10.2 Å². The van der Waals surface area contributed by atoms with E-state index in [0.717, 1.165) is 44.8 Å². The third kappa shape index (κ3) is 4.52. The quantitative estimate of drug-likeness (QED) is 0.604. The van der Waals surface area contributed by atoms with E-state index in [1.807, 2.05) is 7.05 Å². The van der Waals surface area contributed by atoms with Gasteiger partial charge in [0.2, 0.25) is 5.91 Å². The zero-order valence-electron chi connectivity index (χ0n) is 15.1. The van der Waals surface area contributed by atoms with Gasteiger partial charge in [0.05, 0.1) is 16.7 Å². The lowest BCUT2D eigenvalue weighted by Crippen LogP contribution is -2.46. The first-order valence-corrected chi connectivity index (χ1v) is 9.04. The summed E-state index contributed by atoms with van der Waals surface area (Å²) in [6.45, 7) is 3.61. The van der Waals surface area contributed by atoms with Crippen molar-refractivity contribution < 1.29 is 9.72 Å². The molecule has 0 bridgehead atoms. The molecule has 0 radical (unpaired) electrons. The summed E-state index contributed by atoms with van der Waals surface area (Å²) in [5.74, 6) is 0.822. The van der Waals surface area contributed by atoms with Gasteiger partial charge in [-0.2, -0.15) is 0 Å². The summed E-state index contributed by atoms with van der Waals surface area (Å²) in [6, 6.07) is 6.28. The molecule has 26 heavy (non-hydrogen) atoms. The number of carbonyl (C=O) groups excluding carboxylic acids is 1. The van der Waals surface area contributed by atoms with E-state index in [4.69, 9.17) is 0 Å². The number of nitrogens with one attached hydrogen (secondary N) is 1. The Morgan fingerprint density at radius 2 is 1.96 bits per heavy atom. The number of rotatable bonds is 6. The van der Waals surface area contributed by atoms with E-state index in [1.165, 1.54) is 18.6 Å². The third-order valence-corrected chi connectivity index (χ3v) is 5.42. The summed E-state index contributed by atoms with van der Waals surface area (Å²) in [7, 11) is 1.98. The second-order valence-corrected chi connectivity index (χ2v) is 6.94. The van der Waals surface area contributed by atoms with Crippen LogP contribution in [0.4, 0.5) is 11.4 Å². The summed E-state index contributed by atoms with van der Waals surface area (Å²) in [4.78, 5) is 27.4. The van der Waals surface area contributed by atoms with Crippen LogP contribution in [0.2, 0.25) is 0 Å². The minimum atomic E-state index is -0.419. The van der Waals surface area contributed by atoms with Crippen LogP contribution in [0.15, 0.2) is 24.3 Å². The Hall–Kier alpha value is -1.70. The highest BCUT2D eigenvalue weighted by Gasteiger charge is 2.38. The molecule has 2 aliphatic rings. The molecule has 0 aromatic heterocycles. The highest BCUT2D eigenvalue weighted by molar-refractivity contribution is 5.99. The van der Waals surface area contributed by atoms with E-state index in [1.54, 1.807) is 17.0 Å². The topological polar surface area (TPSA) is 78.7 Å². The zero-order valence-corrected chi connectivity index (χ0v) is 15.9. The Balaban J connectivity index is 0.00000243. The lowest BCUT2D eigenvalue weighted by Gasteiger charge is -2.35. The monoisotopic (exact) mass is 382 g/mol. The molecule has 3 rings (SSSR count). The molecule has 0 saturated carbocycles. The Bertz CT molecular complexity index is 635. The lowest BCUT2D eigenvalue weighted by atomic mass is 9.92. The van der Waals surface area contributed by atoms with Crippen LogP contribution in [0.25, 0.3) is 0 Å². The van der Waals surface area contributed by atoms with Gasteiger partial charge >= 0.3 is 0 Å². The van der Waals surface area contributed by atoms with Gasteiger partial charge in [0.25, 0.3) is 5.69 Å². The van der Waals surface area contributed by atoms with Gasteiger partial charge in [-0.05, 0) is 64.3 Å². The van der Waals surface area contributed by atoms with Crippen molar-refractivity contribution >= 4 is 29.7 Å². The van der Waals surface area contributed by atoms with Crippen LogP contribution in [0.5, 0.6) is 0 Å². The molecule has 2 heterocycles. The summed E-state index contributed by atoms with van der Waals surface area (Å²) < 4.78 is 0. The molecule has 1 atom stereocenters. The van der Waals surface area contributed by atoms with Crippen LogP contribution >= 0.6 is 12.4 Å². The number of amides is 1. The number of hydrogen-bond acceptors (Lipinski definition) is 5. The molecule has 1 aromatic carbocycles. The standard InChI is InChI=1S/C18H26N4O3.ClH/c1-19-9-5-14-6-10-20(11-7-14)17-8-12-21(18(17)23)15-3-2-4-16(13-15)22(24)25;/h2-4,13-14,17,19H,5-12H2,1H3;1H. The highest BCUT2D eigenvalue weighted by atomic mass is 35.5. The Labute approximate surface area is 160 Å². The van der Waals surface area contributed by atoms with E-state index in [2.05, 4.69) is 10.2 Å². The fourth-order valence-electron chi connectivity index (χ4n) is 3.94. The molecule has 2 saturated heterocycles. The maximum atomic E-state index is 12.8. The van der Waals surface area contributed by atoms with Crippen LogP contribution in [0.3, 0.4) is 0 Å². The van der Waals surface area contributed by atoms with Crippen molar-refractivity contribution in [2.45, 2.75) is 31.7 Å². The second-order valence-electron chi connectivity index (χ2n) is 6.94. The van der Waals surface area contributed by atoms with Crippen molar-refractivity contribution in [3.63, 3.8) is 0 Å². The van der Waals surface area contributed by atoms with Crippen molar-refractivity contribution in [3.05, 3.63) is 34.4 Å². The number of nitro groups is 1. The maximum absolute atomic E-state index is 12.8. The fourth-order valence-corrected chi connectivity index (χ4v) is 3.94. The number of likely N-dealkylation sites (tertiary alicyclic amines) is 1. The molecule has 7 nitrogen and oxygen atoms in total. The molecule has 8 heteroatoms. The first-order valence-electron chi connectivity index (χ1n) is 9.04. The van der Waals surface area contributed by atoms with Gasteiger partial charge in [0, 0.05) is 18.7 Å². The van der Waals surface area contributed by atoms with E-state index >= 15 is 0 Å². The number of piperidine rings is 1. The van der Waals surface area contributed by atoms with E-state index < -0.39 is 4.92 Å². The smallest absolute Gasteiger partial charge is 0.271 e. The number of benzene rings is 1. The van der Waals surface area contributed by atoms with Crippen molar-refractivity contribution in [1.82, 2.24) is 10.2 Å². The summed E-state index contributed by atoms with van der Waals surface area (Å²) in [5.41, 5.74) is 0.657. The molecule has 2 aliphatic heterocycles. The van der Waals surface area contributed by atoms with Crippen LogP contribution in [-0.4, -0.2) is 55.0 Å². The Morgan fingerprint density at radius 3 is 2.62 bits per heavy atom. The number of carbonyl (C=O) groups is 1. The zero-order chi connectivity index (χ0) is 17.8. The first kappa shape index (κ1) is 20.6. The predicted octanol–water partition coefficient (Wildman–Crippen LogP) is 2.44. The third-order valence-electron chi connectivity index (χ3n) is 5.42. The minimum absolute atomic E-state index is 0. The molecule has 144 valence electrons. The van der Waals surface area contributed by atoms with Crippen molar-refractivity contribution in [1.29, 1.82) is 0 Å². The van der Waals surface area contributed by atoms with Gasteiger partial charge in [0.15, 0.2) is 0 Å². The Kier molecular flexibility index (Phi) is 7.37. The highest BCUT2D eigenvalue weighted by Crippen LogP contribution is 2.30. The largest absolute Gasteiger partial charge is 0.320 e. The molecular formula is C18H27ClN4O3. The summed E-state index contributed by atoms with van der Waals surface area (Å²) in [6.07, 6.45) is 4.27. The van der Waals surface area contributed by atoms with Gasteiger partial charge < -0.3 is 10.2 Å². The number of anilines is 1. The van der Waals surface area contributed by atoms with Gasteiger partial charge in [-0.1, -0.05) is 6.07 Å². The molecular weight excluding hydrogens is 356 g/mol. The molecule has 1 aromatic rings. The summed E-state index contributed by atoms with van der Waals surface area (Å²) in [5, 5.41) is 14.2. The molecule has 1 amide bonds. The maximum Gasteiger partial charge on any atom is 0.271 e. The number of nitro benzene ring substituents is 1. The molecule has 0 aliphatic carbocycles. The molecule has 1 unspecified atom stereocenters.